The van der Waals surface area contributed by atoms with Gasteiger partial charge < -0.3 is 4.74 Å². The molecule has 1 aromatic carbocycles. The lowest BCUT2D eigenvalue weighted by Gasteiger charge is -2.12. The predicted octanol–water partition coefficient (Wildman–Crippen LogP) is 4.45. The van der Waals surface area contributed by atoms with Crippen LogP contribution < -0.4 is 4.74 Å². The van der Waals surface area contributed by atoms with Gasteiger partial charge in [-0.2, -0.15) is 5.10 Å². The van der Waals surface area contributed by atoms with E-state index in [1.165, 1.54) is 0 Å². The van der Waals surface area contributed by atoms with Gasteiger partial charge in [-0.15, -0.1) is 0 Å². The van der Waals surface area contributed by atoms with Gasteiger partial charge in [0.15, 0.2) is 0 Å². The minimum absolute atomic E-state index is 0.525. The van der Waals surface area contributed by atoms with Crippen molar-refractivity contribution >= 4 is 31.9 Å². The van der Waals surface area contributed by atoms with E-state index in [-0.39, 0.29) is 0 Å². The van der Waals surface area contributed by atoms with Crippen molar-refractivity contribution in [2.24, 2.45) is 0 Å². The highest BCUT2D eigenvalue weighted by Crippen LogP contribution is 2.31. The second-order valence-corrected chi connectivity index (χ2v) is 5.66. The highest BCUT2D eigenvalue weighted by Gasteiger charge is 2.10. The number of alkyl halides is 1. The maximum atomic E-state index is 5.96. The monoisotopic (exact) mass is 386 g/mol. The Hall–Kier alpha value is -0.810. The number of hydrogen-bond donors (Lipinski definition) is 0. The van der Waals surface area contributed by atoms with Gasteiger partial charge in [0.1, 0.15) is 12.4 Å². The van der Waals surface area contributed by atoms with Crippen LogP contribution in [0, 0.1) is 6.92 Å². The summed E-state index contributed by atoms with van der Waals surface area (Å²) in [5, 5.41) is 5.19. The number of halogens is 2. The molecule has 0 bridgehead atoms. The van der Waals surface area contributed by atoms with E-state index in [4.69, 9.17) is 4.74 Å². The fourth-order valence-corrected chi connectivity index (χ4v) is 2.92. The number of rotatable bonds is 5. The van der Waals surface area contributed by atoms with Crippen molar-refractivity contribution in [3.8, 4) is 5.75 Å². The fourth-order valence-electron chi connectivity index (χ4n) is 1.96. The zero-order chi connectivity index (χ0) is 13.8. The molecule has 0 aliphatic heterocycles. The zero-order valence-corrected chi connectivity index (χ0v) is 14.2. The molecule has 0 aliphatic rings. The Labute approximate surface area is 130 Å². The summed E-state index contributed by atoms with van der Waals surface area (Å²) in [7, 11) is 0. The Morgan fingerprint density at radius 2 is 2.16 bits per heavy atom. The molecule has 0 saturated carbocycles. The minimum Gasteiger partial charge on any atom is -0.486 e. The molecule has 0 spiro atoms. The molecule has 0 saturated heterocycles. The van der Waals surface area contributed by atoms with Gasteiger partial charge >= 0.3 is 0 Å². The number of nitrogens with zero attached hydrogens (tertiary/aromatic N) is 2. The zero-order valence-electron chi connectivity index (χ0n) is 11.0. The fraction of sp³-hybridized carbons (Fsp3) is 0.357. The van der Waals surface area contributed by atoms with Gasteiger partial charge in [-0.3, -0.25) is 4.68 Å². The van der Waals surface area contributed by atoms with Crippen LogP contribution in [-0.2, 0) is 18.5 Å². The molecule has 0 radical (unpaired) electrons. The Balaban J connectivity index is 2.18. The molecule has 3 nitrogen and oxygen atoms in total. The molecule has 0 N–H and O–H groups in total. The first-order valence-electron chi connectivity index (χ1n) is 6.15. The van der Waals surface area contributed by atoms with E-state index in [0.717, 1.165) is 39.0 Å². The van der Waals surface area contributed by atoms with Crippen molar-refractivity contribution in [2.75, 3.05) is 0 Å². The van der Waals surface area contributed by atoms with Crippen molar-refractivity contribution in [2.45, 2.75) is 32.3 Å². The lowest BCUT2D eigenvalue weighted by Crippen LogP contribution is -2.07. The van der Waals surface area contributed by atoms with Crippen LogP contribution in [0.2, 0.25) is 0 Å². The highest BCUT2D eigenvalue weighted by atomic mass is 79.9. The number of aromatic nitrogens is 2. The Kier molecular flexibility index (Phi) is 5.05. The van der Waals surface area contributed by atoms with Crippen molar-refractivity contribution in [1.29, 1.82) is 0 Å². The molecular weight excluding hydrogens is 372 g/mol. The maximum Gasteiger partial charge on any atom is 0.138 e. The molecule has 0 atom stereocenters. The molecule has 5 heteroatoms. The molecule has 2 aromatic rings. The number of ether oxygens (including phenoxy) is 1. The predicted molar refractivity (Wildman–Crippen MR) is 83.7 cm³/mol. The molecule has 1 heterocycles. The summed E-state index contributed by atoms with van der Waals surface area (Å²) in [6, 6.07) is 8.11. The lowest BCUT2D eigenvalue weighted by atomic mass is 10.2. The van der Waals surface area contributed by atoms with Crippen molar-refractivity contribution in [1.82, 2.24) is 9.78 Å². The summed E-state index contributed by atoms with van der Waals surface area (Å²) >= 11 is 7.02. The van der Waals surface area contributed by atoms with Crippen molar-refractivity contribution in [3.63, 3.8) is 0 Å². The van der Waals surface area contributed by atoms with Crippen LogP contribution in [0.5, 0.6) is 5.75 Å². The summed E-state index contributed by atoms with van der Waals surface area (Å²) < 4.78 is 8.91. The summed E-state index contributed by atoms with van der Waals surface area (Å²) in [6.07, 6.45) is 0. The van der Waals surface area contributed by atoms with E-state index in [9.17, 15) is 0 Å². The molecule has 2 rings (SSSR count). The third kappa shape index (κ3) is 3.39. The third-order valence-corrected chi connectivity index (χ3v) is 4.07. The topological polar surface area (TPSA) is 27.1 Å². The van der Waals surface area contributed by atoms with Crippen molar-refractivity contribution in [3.05, 3.63) is 45.7 Å². The summed E-state index contributed by atoms with van der Waals surface area (Å²) in [4.78, 5) is 0. The molecule has 1 aromatic heterocycles. The maximum absolute atomic E-state index is 5.96. The van der Waals surface area contributed by atoms with E-state index in [0.29, 0.717) is 6.61 Å². The normalized spacial score (nSPS) is 10.7. The first-order valence-corrected chi connectivity index (χ1v) is 8.06. The van der Waals surface area contributed by atoms with Crippen molar-refractivity contribution < 1.29 is 4.74 Å². The lowest BCUT2D eigenvalue weighted by molar-refractivity contribution is 0.288. The van der Waals surface area contributed by atoms with Gasteiger partial charge in [0.2, 0.25) is 0 Å². The van der Waals surface area contributed by atoms with Gasteiger partial charge in [0.25, 0.3) is 0 Å². The molecule has 0 unspecified atom stereocenters. The molecule has 102 valence electrons. The Bertz CT molecular complexity index is 567. The van der Waals surface area contributed by atoms with E-state index in [1.807, 2.05) is 23.7 Å². The molecule has 19 heavy (non-hydrogen) atoms. The summed E-state index contributed by atoms with van der Waals surface area (Å²) in [5.41, 5.74) is 3.25. The first kappa shape index (κ1) is 14.6. The Morgan fingerprint density at radius 1 is 1.37 bits per heavy atom. The summed E-state index contributed by atoms with van der Waals surface area (Å²) in [6.45, 7) is 5.46. The van der Waals surface area contributed by atoms with Crippen LogP contribution in [0.4, 0.5) is 0 Å². The van der Waals surface area contributed by atoms with Gasteiger partial charge in [-0.05, 0) is 41.9 Å². The van der Waals surface area contributed by atoms with Crippen LogP contribution in [0.3, 0.4) is 0 Å². The van der Waals surface area contributed by atoms with Crippen LogP contribution in [0.15, 0.2) is 28.7 Å². The average molecular weight is 388 g/mol. The molecule has 0 amide bonds. The van der Waals surface area contributed by atoms with Gasteiger partial charge in [-0.25, -0.2) is 0 Å². The van der Waals surface area contributed by atoms with E-state index < -0.39 is 0 Å². The van der Waals surface area contributed by atoms with Crippen LogP contribution in [0.1, 0.15) is 23.9 Å². The number of hydrogen-bond acceptors (Lipinski definition) is 2. The number of benzene rings is 1. The third-order valence-electron chi connectivity index (χ3n) is 2.84. The second kappa shape index (κ2) is 6.57. The highest BCUT2D eigenvalue weighted by molar-refractivity contribution is 9.10. The molecule has 0 aliphatic carbocycles. The van der Waals surface area contributed by atoms with Crippen LogP contribution in [0.25, 0.3) is 0 Å². The van der Waals surface area contributed by atoms with Gasteiger partial charge in [0.05, 0.1) is 15.9 Å². The minimum atomic E-state index is 0.525. The van der Waals surface area contributed by atoms with Crippen LogP contribution >= 0.6 is 31.9 Å². The van der Waals surface area contributed by atoms with Gasteiger partial charge in [0, 0.05) is 17.4 Å². The molecule has 0 fully saturated rings. The average Bonchev–Trinajstić information content (AvgIpc) is 2.77. The standard InChI is InChI=1S/C14H16Br2N2O/c1-3-18-12(7-10(2)17-18)9-19-14-11(8-15)5-4-6-13(14)16/h4-7H,3,8-9H2,1-2H3. The van der Waals surface area contributed by atoms with Crippen LogP contribution in [-0.4, -0.2) is 9.78 Å². The smallest absolute Gasteiger partial charge is 0.138 e. The quantitative estimate of drug-likeness (QED) is 0.708. The first-order chi connectivity index (χ1) is 9.15. The molecular formula is C14H16Br2N2O. The second-order valence-electron chi connectivity index (χ2n) is 4.24. The van der Waals surface area contributed by atoms with E-state index in [1.54, 1.807) is 0 Å². The van der Waals surface area contributed by atoms with E-state index >= 15 is 0 Å². The van der Waals surface area contributed by atoms with E-state index in [2.05, 4.69) is 56.0 Å². The van der Waals surface area contributed by atoms with Gasteiger partial charge in [-0.1, -0.05) is 28.1 Å². The number of aryl methyl sites for hydroxylation is 2. The largest absolute Gasteiger partial charge is 0.486 e. The SMILES string of the molecule is CCn1nc(C)cc1COc1c(Br)cccc1CBr. The Morgan fingerprint density at radius 3 is 2.84 bits per heavy atom. The number of para-hydroxylation sites is 1. The summed E-state index contributed by atoms with van der Waals surface area (Å²) in [5.74, 6) is 0.890.